The largest absolute Gasteiger partial charge is 0.352 e. The van der Waals surface area contributed by atoms with E-state index in [9.17, 15) is 9.59 Å². The van der Waals surface area contributed by atoms with E-state index in [1.165, 1.54) is 16.3 Å². The van der Waals surface area contributed by atoms with Gasteiger partial charge in [-0.2, -0.15) is 11.3 Å². The number of carbonyl (C=O) groups excluding carboxylic acids is 1. The molecule has 0 spiro atoms. The Labute approximate surface area is 114 Å². The van der Waals surface area contributed by atoms with Gasteiger partial charge in [-0.1, -0.05) is 0 Å². The molecule has 19 heavy (non-hydrogen) atoms. The third-order valence-corrected chi connectivity index (χ3v) is 3.36. The van der Waals surface area contributed by atoms with Crippen LogP contribution in [0.3, 0.4) is 0 Å². The molecule has 1 N–H and O–H groups in total. The van der Waals surface area contributed by atoms with Crippen LogP contribution in [0.4, 0.5) is 0 Å². The SMILES string of the molecule is C[C@@H](Cc1ccsc1)NC(=O)Cn1cccnc1=O. The van der Waals surface area contributed by atoms with E-state index in [1.54, 1.807) is 23.6 Å². The van der Waals surface area contributed by atoms with Gasteiger partial charge in [0.2, 0.25) is 5.91 Å². The van der Waals surface area contributed by atoms with Gasteiger partial charge in [0.1, 0.15) is 6.54 Å². The minimum absolute atomic E-state index is 0.000645. The summed E-state index contributed by atoms with van der Waals surface area (Å²) in [4.78, 5) is 26.8. The Morgan fingerprint density at radius 2 is 2.42 bits per heavy atom. The highest BCUT2D eigenvalue weighted by atomic mass is 32.1. The number of hydrogen-bond donors (Lipinski definition) is 1. The van der Waals surface area contributed by atoms with Crippen LogP contribution in [-0.4, -0.2) is 21.5 Å². The Balaban J connectivity index is 1.87. The fourth-order valence-corrected chi connectivity index (χ4v) is 2.48. The van der Waals surface area contributed by atoms with Crippen molar-refractivity contribution in [2.24, 2.45) is 0 Å². The molecule has 0 unspecified atom stereocenters. The first-order valence-corrected chi connectivity index (χ1v) is 6.91. The minimum atomic E-state index is -0.414. The second kappa shape index (κ2) is 6.29. The van der Waals surface area contributed by atoms with E-state index in [0.717, 1.165) is 6.42 Å². The predicted octanol–water partition coefficient (Wildman–Crippen LogP) is 1.05. The monoisotopic (exact) mass is 277 g/mol. The van der Waals surface area contributed by atoms with Crippen LogP contribution in [0.25, 0.3) is 0 Å². The molecule has 0 aliphatic carbocycles. The Hall–Kier alpha value is -1.95. The van der Waals surface area contributed by atoms with Crippen LogP contribution >= 0.6 is 11.3 Å². The van der Waals surface area contributed by atoms with Gasteiger partial charge in [0.05, 0.1) is 0 Å². The van der Waals surface area contributed by atoms with Crippen molar-refractivity contribution in [2.45, 2.75) is 25.9 Å². The maximum atomic E-state index is 11.8. The molecule has 0 bridgehead atoms. The molecule has 1 amide bonds. The van der Waals surface area contributed by atoms with Crippen LogP contribution in [0.5, 0.6) is 0 Å². The molecule has 0 aromatic carbocycles. The highest BCUT2D eigenvalue weighted by Crippen LogP contribution is 2.08. The Morgan fingerprint density at radius 1 is 1.58 bits per heavy atom. The second-order valence-electron chi connectivity index (χ2n) is 4.33. The zero-order valence-electron chi connectivity index (χ0n) is 10.6. The van der Waals surface area contributed by atoms with Gasteiger partial charge in [-0.3, -0.25) is 9.36 Å². The van der Waals surface area contributed by atoms with Crippen LogP contribution in [0.1, 0.15) is 12.5 Å². The van der Waals surface area contributed by atoms with Gasteiger partial charge in [0, 0.05) is 18.4 Å². The lowest BCUT2D eigenvalue weighted by Crippen LogP contribution is -2.38. The molecule has 0 saturated carbocycles. The van der Waals surface area contributed by atoms with E-state index in [1.807, 2.05) is 18.4 Å². The number of carbonyl (C=O) groups is 1. The number of nitrogens with one attached hydrogen (secondary N) is 1. The van der Waals surface area contributed by atoms with E-state index < -0.39 is 5.69 Å². The fraction of sp³-hybridized carbons (Fsp3) is 0.308. The molecule has 2 aromatic heterocycles. The van der Waals surface area contributed by atoms with Crippen molar-refractivity contribution in [3.05, 3.63) is 51.3 Å². The predicted molar refractivity (Wildman–Crippen MR) is 74.1 cm³/mol. The third kappa shape index (κ3) is 4.03. The highest BCUT2D eigenvalue weighted by molar-refractivity contribution is 7.07. The summed E-state index contributed by atoms with van der Waals surface area (Å²) in [5.41, 5.74) is 0.791. The van der Waals surface area contributed by atoms with Gasteiger partial charge >= 0.3 is 5.69 Å². The number of hydrogen-bond acceptors (Lipinski definition) is 4. The molecular formula is C13H15N3O2S. The van der Waals surface area contributed by atoms with Gasteiger partial charge in [-0.05, 0) is 41.8 Å². The second-order valence-corrected chi connectivity index (χ2v) is 5.11. The van der Waals surface area contributed by atoms with Crippen molar-refractivity contribution in [2.75, 3.05) is 0 Å². The highest BCUT2D eigenvalue weighted by Gasteiger charge is 2.09. The standard InChI is InChI=1S/C13H15N3O2S/c1-10(7-11-3-6-19-9-11)15-12(17)8-16-5-2-4-14-13(16)18/h2-6,9-10H,7-8H2,1H3,(H,15,17)/t10-/m0/s1. The maximum Gasteiger partial charge on any atom is 0.347 e. The van der Waals surface area contributed by atoms with Crippen molar-refractivity contribution in [1.29, 1.82) is 0 Å². The van der Waals surface area contributed by atoms with Crippen molar-refractivity contribution in [3.63, 3.8) is 0 Å². The number of rotatable bonds is 5. The Morgan fingerprint density at radius 3 is 3.11 bits per heavy atom. The van der Waals surface area contributed by atoms with E-state index in [-0.39, 0.29) is 18.5 Å². The Kier molecular flexibility index (Phi) is 4.46. The maximum absolute atomic E-state index is 11.8. The normalized spacial score (nSPS) is 12.1. The van der Waals surface area contributed by atoms with Crippen molar-refractivity contribution < 1.29 is 4.79 Å². The molecule has 0 aliphatic rings. The lowest BCUT2D eigenvalue weighted by molar-refractivity contribution is -0.122. The van der Waals surface area contributed by atoms with Gasteiger partial charge in [-0.25, -0.2) is 9.78 Å². The van der Waals surface area contributed by atoms with Crippen LogP contribution in [0.2, 0.25) is 0 Å². The average Bonchev–Trinajstić information content (AvgIpc) is 2.84. The number of amides is 1. The van der Waals surface area contributed by atoms with Crippen molar-refractivity contribution >= 4 is 17.2 Å². The number of thiophene rings is 1. The lowest BCUT2D eigenvalue weighted by atomic mass is 10.1. The zero-order chi connectivity index (χ0) is 13.7. The summed E-state index contributed by atoms with van der Waals surface area (Å²) in [6.45, 7) is 1.95. The lowest BCUT2D eigenvalue weighted by Gasteiger charge is -2.13. The molecule has 2 rings (SSSR count). The molecule has 0 saturated heterocycles. The summed E-state index contributed by atoms with van der Waals surface area (Å²) in [7, 11) is 0. The molecule has 0 fully saturated rings. The third-order valence-electron chi connectivity index (χ3n) is 2.63. The summed E-state index contributed by atoms with van der Waals surface area (Å²) < 4.78 is 1.28. The average molecular weight is 277 g/mol. The van der Waals surface area contributed by atoms with Gasteiger partial charge in [0.15, 0.2) is 0 Å². The summed E-state index contributed by atoms with van der Waals surface area (Å²) in [5.74, 6) is -0.183. The van der Waals surface area contributed by atoms with Crippen LogP contribution in [0, 0.1) is 0 Å². The summed E-state index contributed by atoms with van der Waals surface area (Å²) in [5, 5.41) is 6.95. The topological polar surface area (TPSA) is 64.0 Å². The van der Waals surface area contributed by atoms with E-state index in [4.69, 9.17) is 0 Å². The molecule has 5 nitrogen and oxygen atoms in total. The van der Waals surface area contributed by atoms with Crippen LogP contribution in [-0.2, 0) is 17.8 Å². The molecule has 0 aliphatic heterocycles. The van der Waals surface area contributed by atoms with Crippen LogP contribution in [0.15, 0.2) is 40.1 Å². The molecule has 2 aromatic rings. The van der Waals surface area contributed by atoms with Crippen molar-refractivity contribution in [3.8, 4) is 0 Å². The minimum Gasteiger partial charge on any atom is -0.352 e. The molecule has 0 radical (unpaired) electrons. The smallest absolute Gasteiger partial charge is 0.347 e. The first-order valence-electron chi connectivity index (χ1n) is 5.97. The molecule has 100 valence electrons. The van der Waals surface area contributed by atoms with E-state index in [0.29, 0.717) is 0 Å². The molecule has 6 heteroatoms. The van der Waals surface area contributed by atoms with Gasteiger partial charge in [0.25, 0.3) is 0 Å². The first kappa shape index (κ1) is 13.5. The number of aromatic nitrogens is 2. The zero-order valence-corrected chi connectivity index (χ0v) is 11.4. The summed E-state index contributed by atoms with van der Waals surface area (Å²) in [6, 6.07) is 3.71. The molecule has 2 heterocycles. The summed E-state index contributed by atoms with van der Waals surface area (Å²) in [6.07, 6.45) is 3.76. The van der Waals surface area contributed by atoms with Gasteiger partial charge < -0.3 is 5.32 Å². The molecule has 1 atom stereocenters. The van der Waals surface area contributed by atoms with Crippen LogP contribution < -0.4 is 11.0 Å². The fourth-order valence-electron chi connectivity index (χ4n) is 1.80. The molecular weight excluding hydrogens is 262 g/mol. The number of nitrogens with zero attached hydrogens (tertiary/aromatic N) is 2. The summed E-state index contributed by atoms with van der Waals surface area (Å²) >= 11 is 1.64. The van der Waals surface area contributed by atoms with E-state index >= 15 is 0 Å². The Bertz CT molecular complexity index is 592. The van der Waals surface area contributed by atoms with Gasteiger partial charge in [-0.15, -0.1) is 0 Å². The first-order chi connectivity index (χ1) is 9.15. The van der Waals surface area contributed by atoms with Crippen molar-refractivity contribution in [1.82, 2.24) is 14.9 Å². The quantitative estimate of drug-likeness (QED) is 0.888. The van der Waals surface area contributed by atoms with E-state index in [2.05, 4.69) is 15.7 Å².